The number of ketones is 2. The minimum Gasteiger partial charge on any atom is -0.352 e. The van der Waals surface area contributed by atoms with Crippen LogP contribution in [0.15, 0.2) is 103 Å². The molecule has 40 heavy (non-hydrogen) atoms. The number of amides is 1. The molecule has 3 heterocycles. The Kier molecular flexibility index (Phi) is 5.51. The van der Waals surface area contributed by atoms with Crippen molar-refractivity contribution in [3.05, 3.63) is 136 Å². The van der Waals surface area contributed by atoms with Gasteiger partial charge in [0.25, 0.3) is 0 Å². The van der Waals surface area contributed by atoms with E-state index in [9.17, 15) is 18.8 Å². The Labute approximate surface area is 234 Å². The summed E-state index contributed by atoms with van der Waals surface area (Å²) in [7, 11) is 0. The minimum atomic E-state index is -1.44. The Morgan fingerprint density at radius 1 is 0.850 bits per heavy atom. The fraction of sp³-hybridized carbons (Fsp3) is 0.121. The van der Waals surface area contributed by atoms with Crippen molar-refractivity contribution in [2.45, 2.75) is 17.5 Å². The van der Waals surface area contributed by atoms with Crippen LogP contribution in [0.3, 0.4) is 0 Å². The number of nitrogens with zero attached hydrogens (tertiary/aromatic N) is 1. The molecular formula is C33H22ClFN2O3. The summed E-state index contributed by atoms with van der Waals surface area (Å²) in [6.45, 7) is 0. The lowest BCUT2D eigenvalue weighted by molar-refractivity contribution is -0.121. The third-order valence-corrected chi connectivity index (χ3v) is 8.69. The number of fused-ring (bicyclic) bond motifs is 6. The minimum absolute atomic E-state index is 0.219. The summed E-state index contributed by atoms with van der Waals surface area (Å²) in [6, 6.07) is 25.1. The van der Waals surface area contributed by atoms with Gasteiger partial charge in [0.1, 0.15) is 17.3 Å². The smallest absolute Gasteiger partial charge is 0.238 e. The number of halogens is 2. The van der Waals surface area contributed by atoms with Gasteiger partial charge in [-0.05, 0) is 59.7 Å². The number of hydrogen-bond acceptors (Lipinski definition) is 4. The number of Topliss-reactive ketones (excluding diaryl/α,β-unsaturated/α-hetero) is 2. The van der Waals surface area contributed by atoms with Gasteiger partial charge in [0.15, 0.2) is 11.6 Å². The second kappa shape index (κ2) is 9.00. The third-order valence-electron chi connectivity index (χ3n) is 8.36. The van der Waals surface area contributed by atoms with Crippen molar-refractivity contribution in [3.8, 4) is 0 Å². The number of para-hydroxylation sites is 2. The van der Waals surface area contributed by atoms with E-state index in [1.165, 1.54) is 24.3 Å². The van der Waals surface area contributed by atoms with Crippen molar-refractivity contribution in [2.75, 3.05) is 10.2 Å². The normalized spacial score (nSPS) is 23.9. The molecular weight excluding hydrogens is 527 g/mol. The van der Waals surface area contributed by atoms with Gasteiger partial charge in [0, 0.05) is 22.5 Å². The van der Waals surface area contributed by atoms with Crippen molar-refractivity contribution >= 4 is 46.5 Å². The van der Waals surface area contributed by atoms with Crippen molar-refractivity contribution in [1.82, 2.24) is 0 Å². The molecule has 0 unspecified atom stereocenters. The first-order valence-corrected chi connectivity index (χ1v) is 13.4. The molecule has 4 aromatic carbocycles. The predicted octanol–water partition coefficient (Wildman–Crippen LogP) is 6.34. The molecule has 4 atom stereocenters. The summed E-state index contributed by atoms with van der Waals surface area (Å²) >= 11 is 6.54. The van der Waals surface area contributed by atoms with Crippen LogP contribution >= 0.6 is 11.6 Å². The Bertz CT molecular complexity index is 1750. The maximum Gasteiger partial charge on any atom is 0.238 e. The number of carbonyl (C=O) groups excluding carboxylic acids is 3. The largest absolute Gasteiger partial charge is 0.352 e. The molecule has 3 aliphatic heterocycles. The summed E-state index contributed by atoms with van der Waals surface area (Å²) in [4.78, 5) is 45.4. The monoisotopic (exact) mass is 548 g/mol. The van der Waals surface area contributed by atoms with Gasteiger partial charge in [-0.2, -0.15) is 0 Å². The van der Waals surface area contributed by atoms with E-state index in [1.54, 1.807) is 30.3 Å². The first-order valence-electron chi connectivity index (χ1n) is 13.0. The topological polar surface area (TPSA) is 66.5 Å². The molecule has 0 bridgehead atoms. The van der Waals surface area contributed by atoms with Gasteiger partial charge >= 0.3 is 0 Å². The molecule has 1 fully saturated rings. The van der Waals surface area contributed by atoms with Crippen molar-refractivity contribution in [1.29, 1.82) is 0 Å². The third kappa shape index (κ3) is 3.29. The lowest BCUT2D eigenvalue weighted by Crippen LogP contribution is -2.51. The number of nitrogens with one attached hydrogen (secondary N) is 1. The number of benzene rings is 4. The molecule has 0 radical (unpaired) electrons. The van der Waals surface area contributed by atoms with Crippen LogP contribution in [0.4, 0.5) is 15.8 Å². The van der Waals surface area contributed by atoms with Crippen LogP contribution in [0, 0.1) is 11.7 Å². The molecule has 0 aliphatic carbocycles. The zero-order valence-corrected chi connectivity index (χ0v) is 21.8. The zero-order valence-electron chi connectivity index (χ0n) is 21.1. The van der Waals surface area contributed by atoms with Gasteiger partial charge < -0.3 is 10.2 Å². The second-order valence-electron chi connectivity index (χ2n) is 10.3. The van der Waals surface area contributed by atoms with E-state index in [0.29, 0.717) is 11.3 Å². The van der Waals surface area contributed by atoms with Crippen LogP contribution in [0.1, 0.15) is 31.8 Å². The van der Waals surface area contributed by atoms with E-state index in [4.69, 9.17) is 11.6 Å². The van der Waals surface area contributed by atoms with Crippen LogP contribution in [0.5, 0.6) is 0 Å². The Morgan fingerprint density at radius 3 is 2.35 bits per heavy atom. The zero-order chi connectivity index (χ0) is 27.6. The molecule has 0 saturated carbocycles. The number of carbonyl (C=O) groups is 3. The van der Waals surface area contributed by atoms with Crippen LogP contribution in [-0.4, -0.2) is 29.6 Å². The van der Waals surface area contributed by atoms with Crippen LogP contribution in [0.2, 0.25) is 5.02 Å². The quantitative estimate of drug-likeness (QED) is 0.302. The van der Waals surface area contributed by atoms with E-state index >= 15 is 0 Å². The predicted molar refractivity (Wildman–Crippen MR) is 152 cm³/mol. The molecule has 1 spiro atoms. The van der Waals surface area contributed by atoms with Crippen LogP contribution < -0.4 is 10.2 Å². The van der Waals surface area contributed by atoms with E-state index in [2.05, 4.69) is 5.32 Å². The average molecular weight is 549 g/mol. The highest BCUT2D eigenvalue weighted by molar-refractivity contribution is 6.34. The maximum atomic E-state index is 14.6. The van der Waals surface area contributed by atoms with Crippen LogP contribution in [0.25, 0.3) is 6.08 Å². The van der Waals surface area contributed by atoms with Crippen molar-refractivity contribution < 1.29 is 18.8 Å². The number of anilines is 2. The lowest BCUT2D eigenvalue weighted by atomic mass is 9.64. The average Bonchev–Trinajstić information content (AvgIpc) is 3.45. The van der Waals surface area contributed by atoms with Gasteiger partial charge in [-0.3, -0.25) is 14.4 Å². The molecule has 0 aromatic heterocycles. The van der Waals surface area contributed by atoms with Gasteiger partial charge in [0.2, 0.25) is 5.91 Å². The molecule has 4 aromatic rings. The van der Waals surface area contributed by atoms with Gasteiger partial charge in [-0.25, -0.2) is 4.39 Å². The maximum absolute atomic E-state index is 14.6. The molecule has 7 rings (SSSR count). The van der Waals surface area contributed by atoms with Gasteiger partial charge in [-0.1, -0.05) is 72.3 Å². The fourth-order valence-corrected chi connectivity index (χ4v) is 6.96. The Balaban J connectivity index is 1.55. The number of rotatable bonds is 4. The first-order chi connectivity index (χ1) is 19.4. The summed E-state index contributed by atoms with van der Waals surface area (Å²) in [5.41, 5.74) is 1.90. The molecule has 7 heteroatoms. The highest BCUT2D eigenvalue weighted by atomic mass is 35.5. The fourth-order valence-electron chi connectivity index (χ4n) is 6.73. The van der Waals surface area contributed by atoms with E-state index in [1.807, 2.05) is 59.5 Å². The molecule has 1 amide bonds. The van der Waals surface area contributed by atoms with E-state index in [0.717, 1.165) is 11.3 Å². The Hall–Kier alpha value is -4.55. The SMILES string of the molecule is O=C(c1ccccc1Cl)[C@@H]1[C@H](C(=O)c2ccc(F)cc2)[C@]2(C(=O)Nc3ccccc32)[C@@H]2C=Cc3ccccc3N12. The van der Waals surface area contributed by atoms with E-state index < -0.39 is 35.0 Å². The summed E-state index contributed by atoms with van der Waals surface area (Å²) in [5, 5.41) is 3.25. The standard InChI is InChI=1S/C33H22ClFN2O3/c34-24-10-4-2-8-22(24)31(39)29-28(30(38)20-13-16-21(35)17-14-20)33(23-9-3-5-11-25(23)36-32(33)40)27-18-15-19-7-1-6-12-26(19)37(27)29/h1-18,27-29H,(H,36,40)/t27-,28+,29-,33+/m0/s1. The van der Waals surface area contributed by atoms with Crippen molar-refractivity contribution in [3.63, 3.8) is 0 Å². The number of hydrogen-bond donors (Lipinski definition) is 1. The summed E-state index contributed by atoms with van der Waals surface area (Å²) in [6.07, 6.45) is 3.85. The van der Waals surface area contributed by atoms with Gasteiger partial charge in [0.05, 0.1) is 17.0 Å². The highest BCUT2D eigenvalue weighted by Gasteiger charge is 2.70. The highest BCUT2D eigenvalue weighted by Crippen LogP contribution is 2.58. The van der Waals surface area contributed by atoms with Gasteiger partial charge in [-0.15, -0.1) is 0 Å². The molecule has 5 nitrogen and oxygen atoms in total. The molecule has 196 valence electrons. The second-order valence-corrected chi connectivity index (χ2v) is 10.7. The molecule has 1 saturated heterocycles. The molecule has 3 aliphatic rings. The van der Waals surface area contributed by atoms with Crippen LogP contribution in [-0.2, 0) is 10.2 Å². The molecule has 1 N–H and O–H groups in total. The summed E-state index contributed by atoms with van der Waals surface area (Å²) < 4.78 is 13.9. The Morgan fingerprint density at radius 2 is 1.55 bits per heavy atom. The van der Waals surface area contributed by atoms with Crippen molar-refractivity contribution in [2.24, 2.45) is 5.92 Å². The van der Waals surface area contributed by atoms with E-state index in [-0.39, 0.29) is 27.8 Å². The summed E-state index contributed by atoms with van der Waals surface area (Å²) in [5.74, 6) is -2.78. The first kappa shape index (κ1) is 24.5. The lowest BCUT2D eigenvalue weighted by Gasteiger charge is -2.37.